The maximum Gasteiger partial charge on any atom is 0.0975 e. The fraction of sp³-hybridized carbons (Fsp3) is 0.111. The van der Waals surface area contributed by atoms with E-state index in [0.29, 0.717) is 0 Å². The van der Waals surface area contributed by atoms with Crippen molar-refractivity contribution in [1.29, 1.82) is 0 Å². The van der Waals surface area contributed by atoms with E-state index in [4.69, 9.17) is 9.97 Å². The number of fused-ring (bicyclic) bond motifs is 9. The topological polar surface area (TPSA) is 25.8 Å². The average molecular weight is 637 g/mol. The van der Waals surface area contributed by atoms with Gasteiger partial charge in [0.2, 0.25) is 0 Å². The van der Waals surface area contributed by atoms with Crippen molar-refractivity contribution in [3.8, 4) is 33.5 Å². The van der Waals surface area contributed by atoms with Gasteiger partial charge in [0.25, 0.3) is 0 Å². The number of benzene rings is 5. The van der Waals surface area contributed by atoms with Crippen molar-refractivity contribution >= 4 is 54.7 Å². The first-order valence-electron chi connectivity index (χ1n) is 16.8. The Labute approximate surface area is 286 Å². The molecule has 0 N–H and O–H groups in total. The van der Waals surface area contributed by atoms with Crippen molar-refractivity contribution in [1.82, 2.24) is 9.97 Å². The molecule has 232 valence electrons. The molecule has 0 saturated heterocycles. The number of thiophene rings is 1. The molecule has 2 aliphatic carbocycles. The van der Waals surface area contributed by atoms with E-state index in [1.807, 2.05) is 36.6 Å². The maximum absolute atomic E-state index is 5.28. The molecule has 0 atom stereocenters. The second-order valence-electron chi connectivity index (χ2n) is 12.3. The van der Waals surface area contributed by atoms with Crippen LogP contribution in [0.1, 0.15) is 42.0 Å². The molecule has 2 heterocycles. The highest BCUT2D eigenvalue weighted by atomic mass is 32.1. The Morgan fingerprint density at radius 1 is 0.688 bits per heavy atom. The molecule has 0 aliphatic heterocycles. The molecule has 0 unspecified atom stereocenters. The van der Waals surface area contributed by atoms with Gasteiger partial charge in [-0.3, -0.25) is 4.98 Å². The zero-order valence-corrected chi connectivity index (χ0v) is 27.9. The number of allylic oxidation sites excluding steroid dienone is 5. The molecule has 0 fully saturated rings. The smallest absolute Gasteiger partial charge is 0.0975 e. The van der Waals surface area contributed by atoms with E-state index in [1.54, 1.807) is 6.08 Å². The van der Waals surface area contributed by atoms with E-state index in [9.17, 15) is 0 Å². The molecule has 0 spiro atoms. The minimum Gasteiger partial charge on any atom is -0.252 e. The van der Waals surface area contributed by atoms with Crippen LogP contribution in [0.25, 0.3) is 76.9 Å². The Morgan fingerprint density at radius 2 is 1.33 bits per heavy atom. The van der Waals surface area contributed by atoms with Crippen molar-refractivity contribution < 1.29 is 0 Å². The molecule has 5 aromatic carbocycles. The molecule has 2 aromatic heterocycles. The van der Waals surface area contributed by atoms with Crippen LogP contribution in [-0.2, 0) is 12.8 Å². The lowest BCUT2D eigenvalue weighted by atomic mass is 9.84. The Morgan fingerprint density at radius 3 is 2.06 bits per heavy atom. The third kappa shape index (κ3) is 5.40. The van der Waals surface area contributed by atoms with Gasteiger partial charge in [-0.1, -0.05) is 122 Å². The second kappa shape index (κ2) is 13.0. The zero-order chi connectivity index (χ0) is 32.5. The molecule has 0 bridgehead atoms. The third-order valence-corrected chi connectivity index (χ3v) is 10.6. The Kier molecular flexibility index (Phi) is 8.13. The van der Waals surface area contributed by atoms with Crippen LogP contribution in [-0.4, -0.2) is 9.97 Å². The van der Waals surface area contributed by atoms with Crippen molar-refractivity contribution in [3.05, 3.63) is 156 Å². The van der Waals surface area contributed by atoms with Crippen molar-refractivity contribution in [3.63, 3.8) is 0 Å². The van der Waals surface area contributed by atoms with Gasteiger partial charge in [-0.05, 0) is 84.2 Å². The van der Waals surface area contributed by atoms with Crippen LogP contribution in [0.2, 0.25) is 0 Å². The minimum atomic E-state index is 0.918. The van der Waals surface area contributed by atoms with Crippen LogP contribution in [0.4, 0.5) is 0 Å². The first-order chi connectivity index (χ1) is 23.7. The summed E-state index contributed by atoms with van der Waals surface area (Å²) in [5.74, 6) is 0. The van der Waals surface area contributed by atoms with Gasteiger partial charge in [-0.25, -0.2) is 4.98 Å². The van der Waals surface area contributed by atoms with Crippen molar-refractivity contribution in [2.75, 3.05) is 0 Å². The standard InChI is InChI=1S/C40H28N2S.C5H8/c1-3-17-33-30(14-1)31-15-2-4-18-34(31)39-38(33)41-24-36(42-39)28-13-8-11-26(23-28)25-10-7-12-27(22-25)29-19-9-20-35-32-16-5-6-21-37(32)43-40(29)35;1-3-5-4-2/h3-13,16-24H,1-2,14-15H2;3-5H,1H2,2H3/b;5-4-. The van der Waals surface area contributed by atoms with Crippen LogP contribution in [0.3, 0.4) is 0 Å². The van der Waals surface area contributed by atoms with Gasteiger partial charge in [0.05, 0.1) is 22.9 Å². The first-order valence-corrected chi connectivity index (χ1v) is 17.6. The molecular formula is C45H36N2S. The molecule has 0 saturated carbocycles. The van der Waals surface area contributed by atoms with E-state index in [2.05, 4.69) is 122 Å². The Hall–Kier alpha value is -5.38. The van der Waals surface area contributed by atoms with Gasteiger partial charge in [-0.15, -0.1) is 11.3 Å². The average Bonchev–Trinajstić information content (AvgIpc) is 3.54. The highest BCUT2D eigenvalue weighted by Crippen LogP contribution is 2.41. The molecule has 48 heavy (non-hydrogen) atoms. The summed E-state index contributed by atoms with van der Waals surface area (Å²) in [5.41, 5.74) is 14.5. The summed E-state index contributed by atoms with van der Waals surface area (Å²) in [4.78, 5) is 10.3. The lowest BCUT2D eigenvalue weighted by Gasteiger charge is -2.22. The molecule has 2 aliphatic rings. The normalized spacial score (nSPS) is 13.4. The van der Waals surface area contributed by atoms with Crippen LogP contribution < -0.4 is 0 Å². The van der Waals surface area contributed by atoms with Gasteiger partial charge in [0.15, 0.2) is 0 Å². The van der Waals surface area contributed by atoms with E-state index >= 15 is 0 Å². The van der Waals surface area contributed by atoms with Gasteiger partial charge in [0.1, 0.15) is 0 Å². The number of aromatic nitrogens is 2. The fourth-order valence-corrected chi connectivity index (χ4v) is 8.39. The van der Waals surface area contributed by atoms with Crippen LogP contribution in [0.5, 0.6) is 0 Å². The monoisotopic (exact) mass is 636 g/mol. The molecule has 0 radical (unpaired) electrons. The minimum absolute atomic E-state index is 0.918. The number of nitrogens with zero attached hydrogens (tertiary/aromatic N) is 2. The quantitative estimate of drug-likeness (QED) is 0.180. The van der Waals surface area contributed by atoms with Crippen molar-refractivity contribution in [2.45, 2.75) is 32.6 Å². The second-order valence-corrected chi connectivity index (χ2v) is 13.4. The molecule has 2 nitrogen and oxygen atoms in total. The molecule has 9 rings (SSSR count). The number of hydrogen-bond donors (Lipinski definition) is 0. The number of rotatable bonds is 4. The van der Waals surface area contributed by atoms with Crippen LogP contribution in [0, 0.1) is 0 Å². The summed E-state index contributed by atoms with van der Waals surface area (Å²) in [6, 6.07) is 33.1. The van der Waals surface area contributed by atoms with Gasteiger partial charge in [-0.2, -0.15) is 0 Å². The molecule has 7 aromatic rings. The highest BCUT2D eigenvalue weighted by Gasteiger charge is 2.22. The number of hydrogen-bond acceptors (Lipinski definition) is 3. The molecular weight excluding hydrogens is 601 g/mol. The van der Waals surface area contributed by atoms with E-state index in [0.717, 1.165) is 48.0 Å². The summed E-state index contributed by atoms with van der Waals surface area (Å²) in [7, 11) is 0. The lowest BCUT2D eigenvalue weighted by Crippen LogP contribution is -2.08. The summed E-state index contributed by atoms with van der Waals surface area (Å²) in [6.07, 6.45) is 21.0. The van der Waals surface area contributed by atoms with Gasteiger partial charge in [0, 0.05) is 36.9 Å². The van der Waals surface area contributed by atoms with Crippen molar-refractivity contribution in [2.24, 2.45) is 0 Å². The maximum atomic E-state index is 5.28. The summed E-state index contributed by atoms with van der Waals surface area (Å²) >= 11 is 1.88. The van der Waals surface area contributed by atoms with Gasteiger partial charge >= 0.3 is 0 Å². The third-order valence-electron chi connectivity index (χ3n) is 9.39. The van der Waals surface area contributed by atoms with E-state index in [-0.39, 0.29) is 0 Å². The summed E-state index contributed by atoms with van der Waals surface area (Å²) in [6.45, 7) is 5.42. The van der Waals surface area contributed by atoms with Crippen LogP contribution >= 0.6 is 11.3 Å². The van der Waals surface area contributed by atoms with Gasteiger partial charge < -0.3 is 0 Å². The predicted molar refractivity (Wildman–Crippen MR) is 208 cm³/mol. The largest absolute Gasteiger partial charge is 0.252 e. The summed E-state index contributed by atoms with van der Waals surface area (Å²) in [5, 5.41) is 2.66. The SMILES string of the molecule is C1=Cc2c(c3c(c4nc(-c5cccc(-c6cccc(-c7cccc8c7sc7ccccc78)c6)c5)cnc24)C=CCC3)CC1.C=C/C=C\C. The predicted octanol–water partition coefficient (Wildman–Crippen LogP) is 12.7. The molecule has 3 heteroatoms. The fourth-order valence-electron chi connectivity index (χ4n) is 7.15. The lowest BCUT2D eigenvalue weighted by molar-refractivity contribution is 0.908. The highest BCUT2D eigenvalue weighted by molar-refractivity contribution is 7.26. The van der Waals surface area contributed by atoms with E-state index < -0.39 is 0 Å². The Balaban J connectivity index is 0.000000629. The Bertz CT molecular complexity index is 2440. The van der Waals surface area contributed by atoms with Crippen LogP contribution in [0.15, 0.2) is 134 Å². The summed E-state index contributed by atoms with van der Waals surface area (Å²) < 4.78 is 2.68. The molecule has 0 amide bonds. The zero-order valence-electron chi connectivity index (χ0n) is 27.1. The van der Waals surface area contributed by atoms with E-state index in [1.165, 1.54) is 64.7 Å². The first kappa shape index (κ1) is 30.0.